The third-order valence-corrected chi connectivity index (χ3v) is 2.54. The number of phenolic OH excluding ortho intramolecular Hbond substituents is 1. The van der Waals surface area contributed by atoms with E-state index in [4.69, 9.17) is 5.73 Å². The Morgan fingerprint density at radius 3 is 2.88 bits per heavy atom. The third-order valence-electron chi connectivity index (χ3n) is 2.54. The number of benzene rings is 1. The Labute approximate surface area is 101 Å². The van der Waals surface area contributed by atoms with Crippen LogP contribution in [0.5, 0.6) is 5.75 Å². The second kappa shape index (κ2) is 6.10. The molecule has 0 heterocycles. The van der Waals surface area contributed by atoms with Crippen LogP contribution in [0.3, 0.4) is 0 Å². The molecule has 0 atom stereocenters. The van der Waals surface area contributed by atoms with Gasteiger partial charge in [-0.1, -0.05) is 0 Å². The molecule has 0 fully saturated rings. The van der Waals surface area contributed by atoms with Crippen LogP contribution in [-0.2, 0) is 11.3 Å². The normalized spacial score (nSPS) is 10.5. The SMILES string of the molecule is CNC(=O)CCN(C)Cc1cc(N)ccc1O. The molecule has 1 aromatic rings. The predicted molar refractivity (Wildman–Crippen MR) is 67.5 cm³/mol. The van der Waals surface area contributed by atoms with Crippen molar-refractivity contribution >= 4 is 11.6 Å². The summed E-state index contributed by atoms with van der Waals surface area (Å²) < 4.78 is 0. The van der Waals surface area contributed by atoms with Gasteiger partial charge in [0, 0.05) is 37.8 Å². The second-order valence-electron chi connectivity index (χ2n) is 4.05. The minimum Gasteiger partial charge on any atom is -0.508 e. The number of carbonyl (C=O) groups excluding carboxylic acids is 1. The molecule has 1 aromatic carbocycles. The summed E-state index contributed by atoms with van der Waals surface area (Å²) in [5.74, 6) is 0.236. The molecular formula is C12H19N3O2. The van der Waals surface area contributed by atoms with E-state index in [1.165, 1.54) is 0 Å². The van der Waals surface area contributed by atoms with Crippen LogP contribution in [-0.4, -0.2) is 36.6 Å². The van der Waals surface area contributed by atoms with E-state index < -0.39 is 0 Å². The molecular weight excluding hydrogens is 218 g/mol. The summed E-state index contributed by atoms with van der Waals surface area (Å²) in [6, 6.07) is 4.98. The maximum atomic E-state index is 11.1. The Kier molecular flexibility index (Phi) is 4.78. The molecule has 0 aliphatic heterocycles. The van der Waals surface area contributed by atoms with Crippen LogP contribution in [0, 0.1) is 0 Å². The van der Waals surface area contributed by atoms with Crippen molar-refractivity contribution in [2.45, 2.75) is 13.0 Å². The van der Waals surface area contributed by atoms with Crippen LogP contribution >= 0.6 is 0 Å². The fraction of sp³-hybridized carbons (Fsp3) is 0.417. The maximum Gasteiger partial charge on any atom is 0.221 e. The van der Waals surface area contributed by atoms with E-state index in [2.05, 4.69) is 5.32 Å². The van der Waals surface area contributed by atoms with Gasteiger partial charge in [-0.05, 0) is 25.2 Å². The zero-order chi connectivity index (χ0) is 12.8. The van der Waals surface area contributed by atoms with E-state index in [0.717, 1.165) is 5.56 Å². The summed E-state index contributed by atoms with van der Waals surface area (Å²) >= 11 is 0. The highest BCUT2D eigenvalue weighted by molar-refractivity contribution is 5.75. The van der Waals surface area contributed by atoms with Crippen molar-refractivity contribution in [3.05, 3.63) is 23.8 Å². The average Bonchev–Trinajstić information content (AvgIpc) is 2.30. The highest BCUT2D eigenvalue weighted by Crippen LogP contribution is 2.20. The van der Waals surface area contributed by atoms with Gasteiger partial charge in [0.15, 0.2) is 0 Å². The molecule has 0 saturated carbocycles. The largest absolute Gasteiger partial charge is 0.508 e. The molecule has 4 N–H and O–H groups in total. The van der Waals surface area contributed by atoms with Gasteiger partial charge in [0.05, 0.1) is 0 Å². The fourth-order valence-corrected chi connectivity index (χ4v) is 1.52. The molecule has 0 saturated heterocycles. The first kappa shape index (κ1) is 13.3. The van der Waals surface area contributed by atoms with Crippen molar-refractivity contribution in [1.82, 2.24) is 10.2 Å². The van der Waals surface area contributed by atoms with Crippen molar-refractivity contribution in [3.63, 3.8) is 0 Å². The number of hydrogen-bond donors (Lipinski definition) is 3. The number of nitrogen functional groups attached to an aromatic ring is 1. The fourth-order valence-electron chi connectivity index (χ4n) is 1.52. The number of phenols is 1. The van der Waals surface area contributed by atoms with Crippen molar-refractivity contribution in [1.29, 1.82) is 0 Å². The summed E-state index contributed by atoms with van der Waals surface area (Å²) in [7, 11) is 3.51. The lowest BCUT2D eigenvalue weighted by atomic mass is 10.1. The van der Waals surface area contributed by atoms with Gasteiger partial charge >= 0.3 is 0 Å². The smallest absolute Gasteiger partial charge is 0.221 e. The van der Waals surface area contributed by atoms with Gasteiger partial charge < -0.3 is 21.1 Å². The standard InChI is InChI=1S/C12H19N3O2/c1-14-12(17)5-6-15(2)8-9-7-10(13)3-4-11(9)16/h3-4,7,16H,5-6,8,13H2,1-2H3,(H,14,17). The predicted octanol–water partition coefficient (Wildman–Crippen LogP) is 0.542. The Bertz CT molecular complexity index is 393. The van der Waals surface area contributed by atoms with Crippen molar-refractivity contribution in [3.8, 4) is 5.75 Å². The Morgan fingerprint density at radius 1 is 1.53 bits per heavy atom. The van der Waals surface area contributed by atoms with E-state index in [-0.39, 0.29) is 11.7 Å². The molecule has 0 aliphatic carbocycles. The number of anilines is 1. The average molecular weight is 237 g/mol. The van der Waals surface area contributed by atoms with Crippen LogP contribution in [0.15, 0.2) is 18.2 Å². The molecule has 0 aromatic heterocycles. The van der Waals surface area contributed by atoms with Crippen LogP contribution < -0.4 is 11.1 Å². The Hall–Kier alpha value is -1.75. The lowest BCUT2D eigenvalue weighted by Crippen LogP contribution is -2.26. The number of nitrogens with one attached hydrogen (secondary N) is 1. The number of carbonyl (C=O) groups is 1. The molecule has 1 amide bonds. The molecule has 5 nitrogen and oxygen atoms in total. The van der Waals surface area contributed by atoms with Gasteiger partial charge in [0.1, 0.15) is 5.75 Å². The van der Waals surface area contributed by atoms with E-state index in [1.54, 1.807) is 25.2 Å². The molecule has 0 radical (unpaired) electrons. The minimum absolute atomic E-state index is 0.00801. The van der Waals surface area contributed by atoms with Crippen molar-refractivity contribution in [2.75, 3.05) is 26.4 Å². The Morgan fingerprint density at radius 2 is 2.24 bits per heavy atom. The lowest BCUT2D eigenvalue weighted by molar-refractivity contribution is -0.120. The molecule has 0 spiro atoms. The third kappa shape index (κ3) is 4.32. The van der Waals surface area contributed by atoms with Gasteiger partial charge in [-0.15, -0.1) is 0 Å². The molecule has 17 heavy (non-hydrogen) atoms. The van der Waals surface area contributed by atoms with Crippen molar-refractivity contribution < 1.29 is 9.90 Å². The number of nitrogens with two attached hydrogens (primary N) is 1. The highest BCUT2D eigenvalue weighted by Gasteiger charge is 2.07. The summed E-state index contributed by atoms with van der Waals surface area (Å²) in [6.07, 6.45) is 0.441. The number of nitrogens with zero attached hydrogens (tertiary/aromatic N) is 1. The maximum absolute atomic E-state index is 11.1. The number of hydrogen-bond acceptors (Lipinski definition) is 4. The number of aromatic hydroxyl groups is 1. The van der Waals surface area contributed by atoms with E-state index in [9.17, 15) is 9.90 Å². The molecule has 0 unspecified atom stereocenters. The summed E-state index contributed by atoms with van der Waals surface area (Å²) in [6.45, 7) is 1.20. The molecule has 94 valence electrons. The topological polar surface area (TPSA) is 78.6 Å². The Balaban J connectivity index is 2.52. The van der Waals surface area contributed by atoms with Gasteiger partial charge in [-0.2, -0.15) is 0 Å². The van der Waals surface area contributed by atoms with Crippen LogP contribution in [0.1, 0.15) is 12.0 Å². The molecule has 1 rings (SSSR count). The van der Waals surface area contributed by atoms with E-state index in [0.29, 0.717) is 25.2 Å². The summed E-state index contributed by atoms with van der Waals surface area (Å²) in [5.41, 5.74) is 7.04. The molecule has 0 aliphatic rings. The van der Waals surface area contributed by atoms with Crippen LogP contribution in [0.4, 0.5) is 5.69 Å². The zero-order valence-corrected chi connectivity index (χ0v) is 10.2. The van der Waals surface area contributed by atoms with Crippen molar-refractivity contribution in [2.24, 2.45) is 0 Å². The monoisotopic (exact) mass is 237 g/mol. The van der Waals surface area contributed by atoms with Gasteiger partial charge in [0.25, 0.3) is 0 Å². The van der Waals surface area contributed by atoms with Crippen LogP contribution in [0.2, 0.25) is 0 Å². The van der Waals surface area contributed by atoms with Gasteiger partial charge in [0.2, 0.25) is 5.91 Å². The summed E-state index contributed by atoms with van der Waals surface area (Å²) in [5, 5.41) is 12.2. The molecule has 0 bridgehead atoms. The van der Waals surface area contributed by atoms with E-state index >= 15 is 0 Å². The van der Waals surface area contributed by atoms with E-state index in [1.807, 2.05) is 11.9 Å². The second-order valence-corrected chi connectivity index (χ2v) is 4.05. The first-order chi connectivity index (χ1) is 8.02. The number of amides is 1. The quantitative estimate of drug-likeness (QED) is 0.516. The molecule has 5 heteroatoms. The minimum atomic E-state index is 0.00801. The number of rotatable bonds is 5. The zero-order valence-electron chi connectivity index (χ0n) is 10.2. The summed E-state index contributed by atoms with van der Waals surface area (Å²) in [4.78, 5) is 13.0. The first-order valence-corrected chi connectivity index (χ1v) is 5.49. The highest BCUT2D eigenvalue weighted by atomic mass is 16.3. The van der Waals surface area contributed by atoms with Gasteiger partial charge in [-0.3, -0.25) is 4.79 Å². The van der Waals surface area contributed by atoms with Gasteiger partial charge in [-0.25, -0.2) is 0 Å². The first-order valence-electron chi connectivity index (χ1n) is 5.49. The lowest BCUT2D eigenvalue weighted by Gasteiger charge is -2.17. The van der Waals surface area contributed by atoms with Crippen LogP contribution in [0.25, 0.3) is 0 Å².